The SMILES string of the molecule is C=C[C@]1(C)[C@@H](OC(=O)COS(=O)(=O)c2ccc(C)cc2)[C@]2(C)C(C)CC[C@]3(CCC(O)[C@H]32)[C@@H](C)[C@@H]1O. The van der Waals surface area contributed by atoms with Crippen molar-refractivity contribution in [2.45, 2.75) is 83.5 Å². The van der Waals surface area contributed by atoms with Crippen molar-refractivity contribution in [2.24, 2.45) is 34.0 Å². The summed E-state index contributed by atoms with van der Waals surface area (Å²) in [7, 11) is -4.15. The van der Waals surface area contributed by atoms with Gasteiger partial charge in [-0.25, -0.2) is 4.79 Å². The van der Waals surface area contributed by atoms with E-state index in [0.29, 0.717) is 6.42 Å². The van der Waals surface area contributed by atoms with Gasteiger partial charge < -0.3 is 14.9 Å². The fourth-order valence-electron chi connectivity index (χ4n) is 7.92. The zero-order chi connectivity index (χ0) is 26.7. The molecule has 8 heteroatoms. The molecule has 7 nitrogen and oxygen atoms in total. The summed E-state index contributed by atoms with van der Waals surface area (Å²) in [4.78, 5) is 13.1. The molecule has 200 valence electrons. The van der Waals surface area contributed by atoms with Crippen molar-refractivity contribution in [1.82, 2.24) is 0 Å². The Morgan fingerprint density at radius 1 is 1.14 bits per heavy atom. The van der Waals surface area contributed by atoms with Gasteiger partial charge in [0.2, 0.25) is 0 Å². The third kappa shape index (κ3) is 3.96. The van der Waals surface area contributed by atoms with Gasteiger partial charge in [-0.3, -0.25) is 4.18 Å². The van der Waals surface area contributed by atoms with E-state index >= 15 is 0 Å². The third-order valence-corrected chi connectivity index (χ3v) is 11.4. The first-order chi connectivity index (χ1) is 16.7. The lowest BCUT2D eigenvalue weighted by Gasteiger charge is -2.57. The molecule has 0 spiro atoms. The number of carbonyl (C=O) groups is 1. The second-order valence-corrected chi connectivity index (χ2v) is 13.4. The van der Waals surface area contributed by atoms with Crippen molar-refractivity contribution in [3.05, 3.63) is 42.5 Å². The largest absolute Gasteiger partial charge is 0.459 e. The maximum Gasteiger partial charge on any atom is 0.333 e. The molecular formula is C28H40O7S. The lowest BCUT2D eigenvalue weighted by molar-refractivity contribution is -0.195. The van der Waals surface area contributed by atoms with Crippen molar-refractivity contribution in [2.75, 3.05) is 6.61 Å². The highest BCUT2D eigenvalue weighted by molar-refractivity contribution is 7.86. The number of aryl methyl sites for hydroxylation is 1. The Hall–Kier alpha value is -1.74. The van der Waals surface area contributed by atoms with Gasteiger partial charge in [-0.1, -0.05) is 51.5 Å². The van der Waals surface area contributed by atoms with Gasteiger partial charge in [0.05, 0.1) is 17.1 Å². The first kappa shape index (κ1) is 27.3. The number of rotatable bonds is 6. The van der Waals surface area contributed by atoms with Gasteiger partial charge in [-0.15, -0.1) is 6.58 Å². The van der Waals surface area contributed by atoms with Gasteiger partial charge in [-0.2, -0.15) is 8.42 Å². The minimum absolute atomic E-state index is 0.0396. The summed E-state index contributed by atoms with van der Waals surface area (Å²) >= 11 is 0. The molecule has 3 saturated carbocycles. The number of esters is 1. The Bertz CT molecular complexity index is 1120. The monoisotopic (exact) mass is 520 g/mol. The fourth-order valence-corrected chi connectivity index (χ4v) is 8.78. The predicted octanol–water partition coefficient (Wildman–Crippen LogP) is 4.01. The summed E-state index contributed by atoms with van der Waals surface area (Å²) < 4.78 is 36.4. The van der Waals surface area contributed by atoms with Crippen LogP contribution in [-0.4, -0.2) is 49.5 Å². The van der Waals surface area contributed by atoms with E-state index in [0.717, 1.165) is 24.8 Å². The van der Waals surface area contributed by atoms with Crippen molar-refractivity contribution in [3.8, 4) is 0 Å². The van der Waals surface area contributed by atoms with Crippen molar-refractivity contribution < 1.29 is 32.3 Å². The molecule has 2 unspecified atom stereocenters. The number of carbonyl (C=O) groups excluding carboxylic acids is 1. The highest BCUT2D eigenvalue weighted by Crippen LogP contribution is 2.70. The molecule has 3 aliphatic rings. The van der Waals surface area contributed by atoms with Crippen LogP contribution < -0.4 is 0 Å². The lowest BCUT2D eigenvalue weighted by atomic mass is 9.48. The van der Waals surface area contributed by atoms with Crippen LogP contribution in [0.25, 0.3) is 0 Å². The van der Waals surface area contributed by atoms with Gasteiger partial charge in [-0.05, 0) is 67.9 Å². The number of hydrogen-bond acceptors (Lipinski definition) is 7. The smallest absolute Gasteiger partial charge is 0.333 e. The average molecular weight is 521 g/mol. The van der Waals surface area contributed by atoms with Crippen LogP contribution in [0.1, 0.15) is 58.9 Å². The third-order valence-electron chi connectivity index (χ3n) is 10.2. The molecule has 1 aromatic carbocycles. The highest BCUT2D eigenvalue weighted by Gasteiger charge is 2.71. The summed E-state index contributed by atoms with van der Waals surface area (Å²) in [5, 5.41) is 22.9. The number of hydrogen-bond donors (Lipinski definition) is 2. The quantitative estimate of drug-likeness (QED) is 0.331. The summed E-state index contributed by atoms with van der Waals surface area (Å²) in [6, 6.07) is 6.17. The van der Waals surface area contributed by atoms with Crippen LogP contribution in [0, 0.1) is 40.9 Å². The number of aliphatic hydroxyl groups is 2. The Labute approximate surface area is 215 Å². The Balaban J connectivity index is 1.67. The molecule has 36 heavy (non-hydrogen) atoms. The molecule has 9 atom stereocenters. The van der Waals surface area contributed by atoms with E-state index in [-0.39, 0.29) is 28.1 Å². The standard InChI is InChI=1S/C28H40O7S/c1-7-26(5)24(31)19(4)28-14-12-18(3)27(6,23(28)21(29)13-15-28)25(26)35-22(30)16-34-36(32,33)20-10-8-17(2)9-11-20/h7-11,18-19,21,23-25,29,31H,1,12-16H2,2-6H3/t18?,19-,21?,23-,24-,25+,26-,27+,28-/m0/s1. The Morgan fingerprint density at radius 2 is 1.75 bits per heavy atom. The molecule has 2 N–H and O–H groups in total. The zero-order valence-electron chi connectivity index (χ0n) is 21.9. The predicted molar refractivity (Wildman–Crippen MR) is 135 cm³/mol. The molecule has 3 fully saturated rings. The fraction of sp³-hybridized carbons (Fsp3) is 0.679. The van der Waals surface area contributed by atoms with Gasteiger partial charge in [0.1, 0.15) is 6.10 Å². The molecule has 0 aromatic heterocycles. The summed E-state index contributed by atoms with van der Waals surface area (Å²) in [6.45, 7) is 13.1. The molecular weight excluding hydrogens is 480 g/mol. The molecule has 0 aliphatic heterocycles. The van der Waals surface area contributed by atoms with Crippen LogP contribution in [0.3, 0.4) is 0 Å². The van der Waals surface area contributed by atoms with Gasteiger partial charge >= 0.3 is 5.97 Å². The van der Waals surface area contributed by atoms with E-state index in [2.05, 4.69) is 20.4 Å². The summed E-state index contributed by atoms with van der Waals surface area (Å²) in [5.74, 6) is -1.05. The van der Waals surface area contributed by atoms with Crippen LogP contribution in [0.15, 0.2) is 41.8 Å². The van der Waals surface area contributed by atoms with E-state index < -0.39 is 51.8 Å². The average Bonchev–Trinajstić information content (AvgIpc) is 3.19. The number of benzene rings is 1. The minimum atomic E-state index is -4.15. The second kappa shape index (κ2) is 9.22. The lowest BCUT2D eigenvalue weighted by Crippen LogP contribution is -2.59. The van der Waals surface area contributed by atoms with Crippen LogP contribution in [0.4, 0.5) is 0 Å². The first-order valence-corrected chi connectivity index (χ1v) is 14.3. The molecule has 0 radical (unpaired) electrons. The Kier molecular flexibility index (Phi) is 6.99. The molecule has 0 heterocycles. The van der Waals surface area contributed by atoms with Crippen LogP contribution in [-0.2, 0) is 23.8 Å². The maximum atomic E-state index is 13.1. The molecule has 3 aliphatic carbocycles. The topological polar surface area (TPSA) is 110 Å². The van der Waals surface area contributed by atoms with Gasteiger partial charge in [0.25, 0.3) is 10.1 Å². The molecule has 4 rings (SSSR count). The normalized spacial score (nSPS) is 42.3. The van der Waals surface area contributed by atoms with E-state index in [1.807, 2.05) is 20.8 Å². The van der Waals surface area contributed by atoms with E-state index in [1.165, 1.54) is 12.1 Å². The number of ether oxygens (including phenoxy) is 1. The first-order valence-electron chi connectivity index (χ1n) is 12.9. The van der Waals surface area contributed by atoms with Crippen molar-refractivity contribution in [1.29, 1.82) is 0 Å². The van der Waals surface area contributed by atoms with Gasteiger partial charge in [0, 0.05) is 10.8 Å². The number of aliphatic hydroxyl groups excluding tert-OH is 2. The minimum Gasteiger partial charge on any atom is -0.459 e. The van der Waals surface area contributed by atoms with Gasteiger partial charge in [0.15, 0.2) is 6.61 Å². The van der Waals surface area contributed by atoms with Crippen LogP contribution in [0.2, 0.25) is 0 Å². The summed E-state index contributed by atoms with van der Waals surface area (Å²) in [6.07, 6.45) is 2.65. The maximum absolute atomic E-state index is 13.1. The Morgan fingerprint density at radius 3 is 2.36 bits per heavy atom. The summed E-state index contributed by atoms with van der Waals surface area (Å²) in [5.41, 5.74) is -1.03. The second-order valence-electron chi connectivity index (χ2n) is 11.8. The molecule has 2 bridgehead atoms. The molecule has 1 aromatic rings. The van der Waals surface area contributed by atoms with Crippen LogP contribution >= 0.6 is 0 Å². The van der Waals surface area contributed by atoms with Crippen molar-refractivity contribution >= 4 is 16.1 Å². The zero-order valence-corrected chi connectivity index (χ0v) is 22.8. The van der Waals surface area contributed by atoms with Crippen molar-refractivity contribution in [3.63, 3.8) is 0 Å². The van der Waals surface area contributed by atoms with E-state index in [1.54, 1.807) is 18.2 Å². The highest BCUT2D eigenvalue weighted by atomic mass is 32.2. The van der Waals surface area contributed by atoms with E-state index in [9.17, 15) is 23.4 Å². The van der Waals surface area contributed by atoms with Crippen LogP contribution in [0.5, 0.6) is 0 Å². The molecule has 0 amide bonds. The van der Waals surface area contributed by atoms with E-state index in [4.69, 9.17) is 8.92 Å². The molecule has 0 saturated heterocycles.